The lowest BCUT2D eigenvalue weighted by Gasteiger charge is -2.09. The zero-order chi connectivity index (χ0) is 10.7. The van der Waals surface area contributed by atoms with E-state index < -0.39 is 12.0 Å². The number of halogens is 2. The molecule has 0 aromatic carbocycles. The second kappa shape index (κ2) is 4.59. The van der Waals surface area contributed by atoms with E-state index >= 15 is 0 Å². The van der Waals surface area contributed by atoms with Gasteiger partial charge in [-0.3, -0.25) is 9.78 Å². The van der Waals surface area contributed by atoms with Gasteiger partial charge < -0.3 is 10.8 Å². The van der Waals surface area contributed by atoms with Crippen LogP contribution in [0.3, 0.4) is 0 Å². The third kappa shape index (κ3) is 2.57. The third-order valence-corrected chi connectivity index (χ3v) is 2.35. The molecule has 1 aromatic heterocycles. The van der Waals surface area contributed by atoms with E-state index in [-0.39, 0.29) is 6.42 Å². The summed E-state index contributed by atoms with van der Waals surface area (Å²) in [7, 11) is 0. The molecule has 1 unspecified atom stereocenters. The number of nitrogens with two attached hydrogens (primary N) is 1. The van der Waals surface area contributed by atoms with Crippen molar-refractivity contribution in [2.24, 2.45) is 5.73 Å². The molecule has 1 heterocycles. The maximum atomic E-state index is 10.5. The van der Waals surface area contributed by atoms with Crippen molar-refractivity contribution in [1.29, 1.82) is 0 Å². The predicted molar refractivity (Wildman–Crippen MR) is 53.6 cm³/mol. The Morgan fingerprint density at radius 3 is 2.43 bits per heavy atom. The number of carboxylic acid groups (broad SMARTS) is 1. The van der Waals surface area contributed by atoms with Crippen LogP contribution in [0, 0.1) is 0 Å². The first-order valence-electron chi connectivity index (χ1n) is 3.78. The zero-order valence-electron chi connectivity index (χ0n) is 7.08. The molecule has 1 rings (SSSR count). The highest BCUT2D eigenvalue weighted by Gasteiger charge is 2.16. The summed E-state index contributed by atoms with van der Waals surface area (Å²) in [5.74, 6) is -1.09. The highest BCUT2D eigenvalue weighted by atomic mass is 35.5. The first-order valence-corrected chi connectivity index (χ1v) is 4.54. The highest BCUT2D eigenvalue weighted by Crippen LogP contribution is 2.23. The van der Waals surface area contributed by atoms with Crippen molar-refractivity contribution in [3.8, 4) is 0 Å². The first-order chi connectivity index (χ1) is 6.52. The van der Waals surface area contributed by atoms with Crippen molar-refractivity contribution < 1.29 is 9.90 Å². The van der Waals surface area contributed by atoms with Crippen LogP contribution in [0.1, 0.15) is 5.56 Å². The van der Waals surface area contributed by atoms with E-state index in [1.807, 2.05) is 0 Å². The van der Waals surface area contributed by atoms with Gasteiger partial charge in [0.05, 0.1) is 10.0 Å². The molecule has 0 bridgehead atoms. The number of hydrogen-bond donors (Lipinski definition) is 2. The monoisotopic (exact) mass is 234 g/mol. The Morgan fingerprint density at radius 1 is 1.50 bits per heavy atom. The summed E-state index contributed by atoms with van der Waals surface area (Å²) in [5.41, 5.74) is 5.86. The van der Waals surface area contributed by atoms with Crippen LogP contribution < -0.4 is 5.73 Å². The average molecular weight is 235 g/mol. The van der Waals surface area contributed by atoms with Crippen molar-refractivity contribution >= 4 is 29.2 Å². The van der Waals surface area contributed by atoms with Crippen LogP contribution in [-0.4, -0.2) is 22.1 Å². The molecule has 0 spiro atoms. The number of carbonyl (C=O) groups is 1. The molecule has 4 nitrogen and oxygen atoms in total. The molecule has 14 heavy (non-hydrogen) atoms. The molecule has 1 atom stereocenters. The predicted octanol–water partition coefficient (Wildman–Crippen LogP) is 1.34. The van der Waals surface area contributed by atoms with Crippen molar-refractivity contribution in [1.82, 2.24) is 4.98 Å². The number of pyridine rings is 1. The van der Waals surface area contributed by atoms with Crippen molar-refractivity contribution in [3.63, 3.8) is 0 Å². The summed E-state index contributed by atoms with van der Waals surface area (Å²) in [6, 6.07) is -1.01. The Balaban J connectivity index is 2.91. The number of nitrogens with zero attached hydrogens (tertiary/aromatic N) is 1. The van der Waals surface area contributed by atoms with E-state index in [4.69, 9.17) is 34.0 Å². The van der Waals surface area contributed by atoms with E-state index in [2.05, 4.69) is 4.98 Å². The van der Waals surface area contributed by atoms with Gasteiger partial charge in [-0.15, -0.1) is 0 Å². The molecule has 3 N–H and O–H groups in total. The van der Waals surface area contributed by atoms with Gasteiger partial charge >= 0.3 is 5.97 Å². The van der Waals surface area contributed by atoms with E-state index in [1.54, 1.807) is 0 Å². The van der Waals surface area contributed by atoms with Crippen LogP contribution in [0.4, 0.5) is 0 Å². The smallest absolute Gasteiger partial charge is 0.320 e. The van der Waals surface area contributed by atoms with Gasteiger partial charge in [-0.05, 0) is 5.56 Å². The molecule has 0 aliphatic heterocycles. The van der Waals surface area contributed by atoms with Gasteiger partial charge in [0.2, 0.25) is 0 Å². The molecule has 0 radical (unpaired) electrons. The minimum atomic E-state index is -1.09. The standard InChI is InChI=1S/C8H8Cl2N2O2/c9-5-2-12-3-6(10)4(5)1-7(11)8(13)14/h2-3,7H,1,11H2,(H,13,14). The Labute approximate surface area is 90.6 Å². The second-order valence-corrected chi connectivity index (χ2v) is 3.54. The Bertz CT molecular complexity index is 337. The fraction of sp³-hybridized carbons (Fsp3) is 0.250. The molecule has 0 saturated heterocycles. The number of aromatic nitrogens is 1. The fourth-order valence-electron chi connectivity index (χ4n) is 0.940. The van der Waals surface area contributed by atoms with Crippen LogP contribution in [0.15, 0.2) is 12.4 Å². The minimum Gasteiger partial charge on any atom is -0.480 e. The molecule has 6 heteroatoms. The highest BCUT2D eigenvalue weighted by molar-refractivity contribution is 6.35. The number of carboxylic acids is 1. The molecule has 0 aliphatic rings. The van der Waals surface area contributed by atoms with E-state index in [0.717, 1.165) is 0 Å². The first kappa shape index (κ1) is 11.2. The largest absolute Gasteiger partial charge is 0.480 e. The fourth-order valence-corrected chi connectivity index (χ4v) is 1.46. The Hall–Kier alpha value is -0.840. The summed E-state index contributed by atoms with van der Waals surface area (Å²) in [6.45, 7) is 0. The number of hydrogen-bond acceptors (Lipinski definition) is 3. The van der Waals surface area contributed by atoms with Gasteiger partial charge in [0.15, 0.2) is 0 Å². The second-order valence-electron chi connectivity index (χ2n) is 2.73. The van der Waals surface area contributed by atoms with E-state index in [1.165, 1.54) is 12.4 Å². The summed E-state index contributed by atoms with van der Waals surface area (Å²) in [5, 5.41) is 9.25. The Kier molecular flexibility index (Phi) is 3.69. The normalized spacial score (nSPS) is 12.5. The van der Waals surface area contributed by atoms with Gasteiger partial charge in [-0.1, -0.05) is 23.2 Å². The quantitative estimate of drug-likeness (QED) is 0.828. The van der Waals surface area contributed by atoms with Crippen LogP contribution in [0.5, 0.6) is 0 Å². The summed E-state index contributed by atoms with van der Waals surface area (Å²) in [4.78, 5) is 14.2. The maximum Gasteiger partial charge on any atom is 0.320 e. The maximum absolute atomic E-state index is 10.5. The molecular formula is C8H8Cl2N2O2. The van der Waals surface area contributed by atoms with Crippen LogP contribution >= 0.6 is 23.2 Å². The van der Waals surface area contributed by atoms with Gasteiger partial charge in [-0.25, -0.2) is 0 Å². The number of aliphatic carboxylic acids is 1. The summed E-state index contributed by atoms with van der Waals surface area (Å²) >= 11 is 11.6. The summed E-state index contributed by atoms with van der Waals surface area (Å²) in [6.07, 6.45) is 2.89. The van der Waals surface area contributed by atoms with Crippen LogP contribution in [0.25, 0.3) is 0 Å². The Morgan fingerprint density at radius 2 is 2.00 bits per heavy atom. The minimum absolute atomic E-state index is 0.0928. The molecular weight excluding hydrogens is 227 g/mol. The molecule has 0 aliphatic carbocycles. The zero-order valence-corrected chi connectivity index (χ0v) is 8.59. The lowest BCUT2D eigenvalue weighted by molar-refractivity contribution is -0.138. The third-order valence-electron chi connectivity index (χ3n) is 1.69. The topological polar surface area (TPSA) is 76.2 Å². The van der Waals surface area contributed by atoms with Gasteiger partial charge in [0, 0.05) is 18.8 Å². The molecule has 0 saturated carbocycles. The van der Waals surface area contributed by atoms with Gasteiger partial charge in [-0.2, -0.15) is 0 Å². The van der Waals surface area contributed by atoms with Crippen molar-refractivity contribution in [3.05, 3.63) is 28.0 Å². The average Bonchev–Trinajstić information content (AvgIpc) is 2.11. The lowest BCUT2D eigenvalue weighted by Crippen LogP contribution is -2.32. The van der Waals surface area contributed by atoms with Crippen molar-refractivity contribution in [2.75, 3.05) is 0 Å². The number of rotatable bonds is 3. The SMILES string of the molecule is NC(Cc1c(Cl)cncc1Cl)C(=O)O. The van der Waals surface area contributed by atoms with Crippen LogP contribution in [-0.2, 0) is 11.2 Å². The molecule has 0 amide bonds. The van der Waals surface area contributed by atoms with Gasteiger partial charge in [0.1, 0.15) is 6.04 Å². The molecule has 1 aromatic rings. The van der Waals surface area contributed by atoms with Gasteiger partial charge in [0.25, 0.3) is 0 Å². The van der Waals surface area contributed by atoms with Crippen LogP contribution in [0.2, 0.25) is 10.0 Å². The molecule has 0 fully saturated rings. The lowest BCUT2D eigenvalue weighted by atomic mass is 10.1. The van der Waals surface area contributed by atoms with E-state index in [0.29, 0.717) is 15.6 Å². The summed E-state index contributed by atoms with van der Waals surface area (Å²) < 4.78 is 0. The van der Waals surface area contributed by atoms with E-state index in [9.17, 15) is 4.79 Å². The molecule has 76 valence electrons. The van der Waals surface area contributed by atoms with Crippen molar-refractivity contribution in [2.45, 2.75) is 12.5 Å².